The molecule has 1 aromatic carbocycles. The second-order valence-corrected chi connectivity index (χ2v) is 6.40. The molecule has 0 aliphatic heterocycles. The van der Waals surface area contributed by atoms with Crippen molar-refractivity contribution in [2.24, 2.45) is 0 Å². The van der Waals surface area contributed by atoms with E-state index in [0.29, 0.717) is 30.5 Å². The molecule has 1 saturated carbocycles. The van der Waals surface area contributed by atoms with Crippen LogP contribution in [0.3, 0.4) is 0 Å². The zero-order valence-electron chi connectivity index (χ0n) is 14.2. The molecule has 1 fully saturated rings. The van der Waals surface area contributed by atoms with E-state index >= 15 is 0 Å². The van der Waals surface area contributed by atoms with Crippen LogP contribution in [0.4, 0.5) is 10.2 Å². The van der Waals surface area contributed by atoms with E-state index in [1.165, 1.54) is 37.7 Å². The minimum absolute atomic E-state index is 0.226. The maximum absolute atomic E-state index is 12.9. The Morgan fingerprint density at radius 3 is 2.64 bits per heavy atom. The van der Waals surface area contributed by atoms with Crippen LogP contribution in [-0.2, 0) is 6.42 Å². The van der Waals surface area contributed by atoms with Gasteiger partial charge in [-0.2, -0.15) is 0 Å². The Morgan fingerprint density at radius 1 is 1.12 bits per heavy atom. The number of carbonyl (C=O) groups is 1. The van der Waals surface area contributed by atoms with E-state index in [2.05, 4.69) is 20.6 Å². The summed E-state index contributed by atoms with van der Waals surface area (Å²) in [5.41, 5.74) is 1.33. The predicted molar refractivity (Wildman–Crippen MR) is 95.0 cm³/mol. The van der Waals surface area contributed by atoms with Crippen molar-refractivity contribution < 1.29 is 9.18 Å². The van der Waals surface area contributed by atoms with E-state index in [-0.39, 0.29) is 11.7 Å². The lowest BCUT2D eigenvalue weighted by Gasteiger charge is -2.23. The fourth-order valence-electron chi connectivity index (χ4n) is 3.08. The summed E-state index contributed by atoms with van der Waals surface area (Å²) in [6, 6.07) is 8.41. The van der Waals surface area contributed by atoms with Crippen molar-refractivity contribution in [3.05, 3.63) is 53.7 Å². The Balaban J connectivity index is 1.51. The molecule has 25 heavy (non-hydrogen) atoms. The summed E-state index contributed by atoms with van der Waals surface area (Å²) < 4.78 is 12.9. The number of aromatic nitrogens is 2. The van der Waals surface area contributed by atoms with Crippen molar-refractivity contribution in [1.82, 2.24) is 15.3 Å². The minimum atomic E-state index is -0.258. The van der Waals surface area contributed by atoms with Crippen LogP contribution in [-0.4, -0.2) is 28.5 Å². The van der Waals surface area contributed by atoms with Crippen LogP contribution >= 0.6 is 0 Å². The van der Waals surface area contributed by atoms with Crippen LogP contribution < -0.4 is 10.6 Å². The quantitative estimate of drug-likeness (QED) is 0.845. The molecule has 0 unspecified atom stereocenters. The molecule has 0 spiro atoms. The van der Waals surface area contributed by atoms with E-state index in [1.54, 1.807) is 18.2 Å². The van der Waals surface area contributed by atoms with Crippen molar-refractivity contribution in [3.8, 4) is 0 Å². The number of anilines is 1. The van der Waals surface area contributed by atoms with Gasteiger partial charge in [-0.3, -0.25) is 4.79 Å². The highest BCUT2D eigenvalue weighted by Gasteiger charge is 2.15. The maximum Gasteiger partial charge on any atom is 0.270 e. The standard InChI is InChI=1S/C19H23FN4O/c20-15-8-6-14(7-9-15)10-11-21-19(25)17-12-18(23-13-22-17)24-16-4-2-1-3-5-16/h6-9,12-13,16H,1-5,10-11H2,(H,21,25)(H,22,23,24). The molecule has 1 aliphatic rings. The van der Waals surface area contributed by atoms with Gasteiger partial charge in [0.1, 0.15) is 23.7 Å². The van der Waals surface area contributed by atoms with Gasteiger partial charge in [0.15, 0.2) is 0 Å². The van der Waals surface area contributed by atoms with Crippen molar-refractivity contribution in [1.29, 1.82) is 0 Å². The van der Waals surface area contributed by atoms with Crippen molar-refractivity contribution in [2.75, 3.05) is 11.9 Å². The van der Waals surface area contributed by atoms with Gasteiger partial charge in [0, 0.05) is 18.7 Å². The first-order valence-electron chi connectivity index (χ1n) is 8.82. The molecule has 6 heteroatoms. The SMILES string of the molecule is O=C(NCCc1ccc(F)cc1)c1cc(NC2CCCCC2)ncn1. The molecule has 5 nitrogen and oxygen atoms in total. The van der Waals surface area contributed by atoms with E-state index < -0.39 is 0 Å². The Hall–Kier alpha value is -2.50. The van der Waals surface area contributed by atoms with Gasteiger partial charge < -0.3 is 10.6 Å². The van der Waals surface area contributed by atoms with Gasteiger partial charge in [-0.15, -0.1) is 0 Å². The number of rotatable bonds is 6. The van der Waals surface area contributed by atoms with Crippen LogP contribution in [0.1, 0.15) is 48.2 Å². The average molecular weight is 342 g/mol. The highest BCUT2D eigenvalue weighted by atomic mass is 19.1. The summed E-state index contributed by atoms with van der Waals surface area (Å²) in [5, 5.41) is 6.24. The normalized spacial score (nSPS) is 14.9. The first kappa shape index (κ1) is 17.3. The molecule has 2 aromatic rings. The van der Waals surface area contributed by atoms with Gasteiger partial charge in [-0.05, 0) is 37.0 Å². The molecule has 3 rings (SSSR count). The van der Waals surface area contributed by atoms with E-state index in [1.807, 2.05) is 0 Å². The van der Waals surface area contributed by atoms with Gasteiger partial charge in [0.05, 0.1) is 0 Å². The van der Waals surface area contributed by atoms with Crippen LogP contribution in [0.15, 0.2) is 36.7 Å². The highest BCUT2D eigenvalue weighted by molar-refractivity contribution is 5.92. The fourth-order valence-corrected chi connectivity index (χ4v) is 3.08. The second kappa shape index (κ2) is 8.55. The zero-order valence-corrected chi connectivity index (χ0v) is 14.2. The van der Waals surface area contributed by atoms with Crippen molar-refractivity contribution >= 4 is 11.7 Å². The third-order valence-electron chi connectivity index (χ3n) is 4.47. The summed E-state index contributed by atoms with van der Waals surface area (Å²) in [4.78, 5) is 20.5. The number of amides is 1. The fraction of sp³-hybridized carbons (Fsp3) is 0.421. The van der Waals surface area contributed by atoms with Crippen LogP contribution in [0, 0.1) is 5.82 Å². The Bertz CT molecular complexity index is 699. The molecule has 1 amide bonds. The summed E-state index contributed by atoms with van der Waals surface area (Å²) in [7, 11) is 0. The van der Waals surface area contributed by atoms with Crippen LogP contribution in [0.2, 0.25) is 0 Å². The van der Waals surface area contributed by atoms with Crippen molar-refractivity contribution in [3.63, 3.8) is 0 Å². The predicted octanol–water partition coefficient (Wildman–Crippen LogP) is 3.33. The molecular formula is C19H23FN4O. The Kier molecular flexibility index (Phi) is 5.93. The zero-order chi connectivity index (χ0) is 17.5. The van der Waals surface area contributed by atoms with Gasteiger partial charge in [0.25, 0.3) is 5.91 Å². The topological polar surface area (TPSA) is 66.9 Å². The summed E-state index contributed by atoms with van der Waals surface area (Å²) in [6.45, 7) is 0.472. The van der Waals surface area contributed by atoms with Gasteiger partial charge in [-0.1, -0.05) is 31.4 Å². The molecule has 0 radical (unpaired) electrons. The van der Waals surface area contributed by atoms with Gasteiger partial charge >= 0.3 is 0 Å². The second-order valence-electron chi connectivity index (χ2n) is 6.40. The largest absolute Gasteiger partial charge is 0.367 e. The molecule has 1 aromatic heterocycles. The molecule has 0 saturated heterocycles. The Labute approximate surface area is 147 Å². The number of nitrogens with zero attached hydrogens (tertiary/aromatic N) is 2. The molecule has 0 atom stereocenters. The van der Waals surface area contributed by atoms with Crippen LogP contribution in [0.25, 0.3) is 0 Å². The highest BCUT2D eigenvalue weighted by Crippen LogP contribution is 2.20. The molecule has 0 bridgehead atoms. The molecule has 132 valence electrons. The third kappa shape index (κ3) is 5.24. The lowest BCUT2D eigenvalue weighted by Crippen LogP contribution is -2.27. The van der Waals surface area contributed by atoms with Crippen LogP contribution in [0.5, 0.6) is 0 Å². The summed E-state index contributed by atoms with van der Waals surface area (Å²) >= 11 is 0. The molecule has 2 N–H and O–H groups in total. The van der Waals surface area contributed by atoms with E-state index in [4.69, 9.17) is 0 Å². The molecule has 1 aliphatic carbocycles. The van der Waals surface area contributed by atoms with Crippen molar-refractivity contribution in [2.45, 2.75) is 44.6 Å². The number of halogens is 1. The van der Waals surface area contributed by atoms with E-state index in [0.717, 1.165) is 18.4 Å². The number of hydrogen-bond acceptors (Lipinski definition) is 4. The average Bonchev–Trinajstić information content (AvgIpc) is 2.64. The Morgan fingerprint density at radius 2 is 1.88 bits per heavy atom. The number of benzene rings is 1. The summed E-state index contributed by atoms with van der Waals surface area (Å²) in [6.07, 6.45) is 8.11. The first-order chi connectivity index (χ1) is 12.2. The lowest BCUT2D eigenvalue weighted by atomic mass is 9.95. The lowest BCUT2D eigenvalue weighted by molar-refractivity contribution is 0.0949. The van der Waals surface area contributed by atoms with Gasteiger partial charge in [-0.25, -0.2) is 14.4 Å². The smallest absolute Gasteiger partial charge is 0.270 e. The first-order valence-corrected chi connectivity index (χ1v) is 8.82. The monoisotopic (exact) mass is 342 g/mol. The number of nitrogens with one attached hydrogen (secondary N) is 2. The maximum atomic E-state index is 12.9. The van der Waals surface area contributed by atoms with E-state index in [9.17, 15) is 9.18 Å². The molecule has 1 heterocycles. The molecular weight excluding hydrogens is 319 g/mol. The minimum Gasteiger partial charge on any atom is -0.367 e. The van der Waals surface area contributed by atoms with Gasteiger partial charge in [0.2, 0.25) is 0 Å². The number of carbonyl (C=O) groups excluding carboxylic acids is 1. The summed E-state index contributed by atoms with van der Waals surface area (Å²) in [5.74, 6) is 0.216. The third-order valence-corrected chi connectivity index (χ3v) is 4.47. The number of hydrogen-bond donors (Lipinski definition) is 2.